The molecule has 1 heterocycles. The summed E-state index contributed by atoms with van der Waals surface area (Å²) in [6.07, 6.45) is 2.82. The van der Waals surface area contributed by atoms with E-state index in [9.17, 15) is 0 Å². The normalized spacial score (nSPS) is 42.8. The molecule has 11 heavy (non-hydrogen) atoms. The number of hydrogen-bond donors (Lipinski definition) is 1. The first-order valence-electron chi connectivity index (χ1n) is 4.58. The molecule has 0 aromatic rings. The van der Waals surface area contributed by atoms with Gasteiger partial charge in [-0.15, -0.1) is 0 Å². The van der Waals surface area contributed by atoms with E-state index in [0.717, 1.165) is 12.5 Å². The standard InChI is InChI=1S/C9H18N2/c1-7-8(10)5-11(2)6-9(7)3-4-9/h7-8H,3-6,10H2,1-2H3. The molecule has 0 radical (unpaired) electrons. The van der Waals surface area contributed by atoms with E-state index in [1.807, 2.05) is 0 Å². The lowest BCUT2D eigenvalue weighted by Gasteiger charge is -2.39. The van der Waals surface area contributed by atoms with Gasteiger partial charge in [-0.3, -0.25) is 0 Å². The summed E-state index contributed by atoms with van der Waals surface area (Å²) in [6, 6.07) is 0.413. The van der Waals surface area contributed by atoms with Gasteiger partial charge in [0.15, 0.2) is 0 Å². The van der Waals surface area contributed by atoms with Crippen molar-refractivity contribution in [3.63, 3.8) is 0 Å². The molecule has 2 atom stereocenters. The van der Waals surface area contributed by atoms with Crippen LogP contribution in [0.5, 0.6) is 0 Å². The Bertz CT molecular complexity index is 163. The van der Waals surface area contributed by atoms with Gasteiger partial charge in [-0.25, -0.2) is 0 Å². The molecule has 1 aliphatic heterocycles. The third kappa shape index (κ3) is 1.09. The number of hydrogen-bond acceptors (Lipinski definition) is 2. The molecule has 2 aliphatic rings. The Morgan fingerprint density at radius 3 is 2.64 bits per heavy atom. The maximum absolute atomic E-state index is 6.04. The molecule has 1 aliphatic carbocycles. The number of nitrogens with two attached hydrogens (primary N) is 1. The minimum atomic E-state index is 0.413. The van der Waals surface area contributed by atoms with E-state index in [1.54, 1.807) is 0 Å². The second kappa shape index (κ2) is 2.20. The molecule has 2 fully saturated rings. The monoisotopic (exact) mass is 154 g/mol. The topological polar surface area (TPSA) is 29.3 Å². The quantitative estimate of drug-likeness (QED) is 0.556. The maximum Gasteiger partial charge on any atom is 0.0199 e. The molecular formula is C9H18N2. The van der Waals surface area contributed by atoms with Crippen LogP contribution in [0.25, 0.3) is 0 Å². The molecule has 2 nitrogen and oxygen atoms in total. The molecule has 0 amide bonds. The molecular weight excluding hydrogens is 136 g/mol. The maximum atomic E-state index is 6.04. The van der Waals surface area contributed by atoms with Gasteiger partial charge in [0, 0.05) is 19.1 Å². The molecule has 1 saturated heterocycles. The summed E-state index contributed by atoms with van der Waals surface area (Å²) in [6.45, 7) is 4.69. The Morgan fingerprint density at radius 1 is 1.45 bits per heavy atom. The third-order valence-corrected chi connectivity index (χ3v) is 3.61. The van der Waals surface area contributed by atoms with Crippen molar-refractivity contribution in [1.82, 2.24) is 4.90 Å². The summed E-state index contributed by atoms with van der Waals surface area (Å²) in [5, 5.41) is 0. The average molecular weight is 154 g/mol. The molecule has 2 heteroatoms. The first kappa shape index (κ1) is 7.56. The van der Waals surface area contributed by atoms with Crippen molar-refractivity contribution in [2.45, 2.75) is 25.8 Å². The van der Waals surface area contributed by atoms with Crippen molar-refractivity contribution < 1.29 is 0 Å². The van der Waals surface area contributed by atoms with Crippen LogP contribution in [0.15, 0.2) is 0 Å². The highest BCUT2D eigenvalue weighted by atomic mass is 15.1. The predicted octanol–water partition coefficient (Wildman–Crippen LogP) is 0.675. The summed E-state index contributed by atoms with van der Waals surface area (Å²) in [5.41, 5.74) is 6.67. The van der Waals surface area contributed by atoms with E-state index in [0.29, 0.717) is 11.5 Å². The predicted molar refractivity (Wildman–Crippen MR) is 46.3 cm³/mol. The molecule has 0 aromatic carbocycles. The Kier molecular flexibility index (Phi) is 1.52. The van der Waals surface area contributed by atoms with E-state index in [4.69, 9.17) is 5.73 Å². The highest BCUT2D eigenvalue weighted by Gasteiger charge is 2.52. The Balaban J connectivity index is 2.10. The largest absolute Gasteiger partial charge is 0.326 e. The van der Waals surface area contributed by atoms with Gasteiger partial charge in [0.2, 0.25) is 0 Å². The molecule has 1 spiro atoms. The van der Waals surface area contributed by atoms with Crippen molar-refractivity contribution in [3.05, 3.63) is 0 Å². The first-order valence-corrected chi connectivity index (χ1v) is 4.58. The second-order valence-corrected chi connectivity index (χ2v) is 4.51. The fourth-order valence-electron chi connectivity index (χ4n) is 2.49. The molecule has 64 valence electrons. The minimum Gasteiger partial charge on any atom is -0.326 e. The van der Waals surface area contributed by atoms with Crippen molar-refractivity contribution in [2.75, 3.05) is 20.1 Å². The summed E-state index contributed by atoms with van der Waals surface area (Å²) in [5.74, 6) is 0.749. The number of piperidine rings is 1. The highest BCUT2D eigenvalue weighted by Crippen LogP contribution is 2.54. The van der Waals surface area contributed by atoms with Gasteiger partial charge in [0.1, 0.15) is 0 Å². The zero-order chi connectivity index (χ0) is 8.06. The van der Waals surface area contributed by atoms with Crippen molar-refractivity contribution in [1.29, 1.82) is 0 Å². The molecule has 1 saturated carbocycles. The summed E-state index contributed by atoms with van der Waals surface area (Å²) in [7, 11) is 2.19. The lowest BCUT2D eigenvalue weighted by atomic mass is 9.81. The average Bonchev–Trinajstić information content (AvgIpc) is 2.65. The van der Waals surface area contributed by atoms with Crippen molar-refractivity contribution in [3.8, 4) is 0 Å². The van der Waals surface area contributed by atoms with Crippen LogP contribution in [0.4, 0.5) is 0 Å². The molecule has 2 N–H and O–H groups in total. The zero-order valence-electron chi connectivity index (χ0n) is 7.51. The molecule has 2 unspecified atom stereocenters. The van der Waals surface area contributed by atoms with E-state index in [-0.39, 0.29) is 0 Å². The summed E-state index contributed by atoms with van der Waals surface area (Å²) >= 11 is 0. The van der Waals surface area contributed by atoms with Crippen LogP contribution >= 0.6 is 0 Å². The highest BCUT2D eigenvalue weighted by molar-refractivity contribution is 5.05. The lowest BCUT2D eigenvalue weighted by Crippen LogP contribution is -2.51. The van der Waals surface area contributed by atoms with Gasteiger partial charge < -0.3 is 10.6 Å². The van der Waals surface area contributed by atoms with Crippen LogP contribution < -0.4 is 5.73 Å². The van der Waals surface area contributed by atoms with Crippen LogP contribution in [0.1, 0.15) is 19.8 Å². The SMILES string of the molecule is CC1C(N)CN(C)CC12CC2. The number of nitrogens with zero attached hydrogens (tertiary/aromatic N) is 1. The molecule has 0 aromatic heterocycles. The Hall–Kier alpha value is -0.0800. The van der Waals surface area contributed by atoms with Crippen LogP contribution in [0.3, 0.4) is 0 Å². The Morgan fingerprint density at radius 2 is 2.09 bits per heavy atom. The third-order valence-electron chi connectivity index (χ3n) is 3.61. The van der Waals surface area contributed by atoms with Gasteiger partial charge in [-0.2, -0.15) is 0 Å². The van der Waals surface area contributed by atoms with Gasteiger partial charge in [0.25, 0.3) is 0 Å². The minimum absolute atomic E-state index is 0.413. The number of likely N-dealkylation sites (N-methyl/N-ethyl adjacent to an activating group) is 1. The van der Waals surface area contributed by atoms with Crippen LogP contribution in [0.2, 0.25) is 0 Å². The number of rotatable bonds is 0. The van der Waals surface area contributed by atoms with Crippen molar-refractivity contribution in [2.24, 2.45) is 17.1 Å². The number of likely N-dealkylation sites (tertiary alicyclic amines) is 1. The second-order valence-electron chi connectivity index (χ2n) is 4.51. The smallest absolute Gasteiger partial charge is 0.0199 e. The van der Waals surface area contributed by atoms with E-state index < -0.39 is 0 Å². The van der Waals surface area contributed by atoms with Crippen LogP contribution in [0, 0.1) is 11.3 Å². The molecule has 0 bridgehead atoms. The lowest BCUT2D eigenvalue weighted by molar-refractivity contribution is 0.113. The van der Waals surface area contributed by atoms with E-state index >= 15 is 0 Å². The van der Waals surface area contributed by atoms with E-state index in [2.05, 4.69) is 18.9 Å². The first-order chi connectivity index (χ1) is 5.14. The zero-order valence-corrected chi connectivity index (χ0v) is 7.51. The molecule has 2 rings (SSSR count). The van der Waals surface area contributed by atoms with Crippen molar-refractivity contribution >= 4 is 0 Å². The van der Waals surface area contributed by atoms with Gasteiger partial charge in [0.05, 0.1) is 0 Å². The van der Waals surface area contributed by atoms with Crippen LogP contribution in [-0.4, -0.2) is 31.1 Å². The summed E-state index contributed by atoms with van der Waals surface area (Å²) in [4.78, 5) is 2.39. The van der Waals surface area contributed by atoms with E-state index in [1.165, 1.54) is 19.4 Å². The van der Waals surface area contributed by atoms with Crippen LogP contribution in [-0.2, 0) is 0 Å². The Labute approximate surface area is 68.7 Å². The van der Waals surface area contributed by atoms with Gasteiger partial charge in [-0.1, -0.05) is 6.92 Å². The van der Waals surface area contributed by atoms with Gasteiger partial charge in [-0.05, 0) is 31.2 Å². The fourth-order valence-corrected chi connectivity index (χ4v) is 2.49. The van der Waals surface area contributed by atoms with Gasteiger partial charge >= 0.3 is 0 Å². The summed E-state index contributed by atoms with van der Waals surface area (Å²) < 4.78 is 0. The fraction of sp³-hybridized carbons (Fsp3) is 1.00.